The molecule has 0 aliphatic carbocycles. The molecule has 1 heterocycles. The number of hydrogen-bond acceptors (Lipinski definition) is 7. The third kappa shape index (κ3) is 9.26. The normalized spacial score (nSPS) is 17.1. The summed E-state index contributed by atoms with van der Waals surface area (Å²) in [5.74, 6) is 0.121. The van der Waals surface area contributed by atoms with Crippen LogP contribution in [-0.2, 0) is 14.9 Å². The number of unbranched alkanes of at least 4 members (excludes halogenated alkanes) is 7. The SMILES string of the molecule is CCCCCCCCCC[C@H]1S/C(=N\N=C/c2cccc(OS(=O)(=O)c3ccc(Cl)cc3)c2)NC1=O. The molecule has 10 heteroatoms. The number of nitrogens with zero attached hydrogens (tertiary/aromatic N) is 2. The van der Waals surface area contributed by atoms with Crippen molar-refractivity contribution < 1.29 is 17.4 Å². The van der Waals surface area contributed by atoms with Crippen LogP contribution >= 0.6 is 23.4 Å². The number of hydrogen-bond donors (Lipinski definition) is 1. The van der Waals surface area contributed by atoms with Crippen LogP contribution in [0.4, 0.5) is 0 Å². The van der Waals surface area contributed by atoms with Crippen LogP contribution < -0.4 is 9.50 Å². The van der Waals surface area contributed by atoms with Gasteiger partial charge in [-0.3, -0.25) is 4.79 Å². The molecule has 1 N–H and O–H groups in total. The van der Waals surface area contributed by atoms with Crippen LogP contribution in [0.5, 0.6) is 5.75 Å². The number of amides is 1. The van der Waals surface area contributed by atoms with Crippen molar-refractivity contribution in [3.05, 3.63) is 59.1 Å². The predicted molar refractivity (Wildman–Crippen MR) is 147 cm³/mol. The predicted octanol–water partition coefficient (Wildman–Crippen LogP) is 6.56. The van der Waals surface area contributed by atoms with Gasteiger partial charge in [-0.15, -0.1) is 5.10 Å². The van der Waals surface area contributed by atoms with Gasteiger partial charge in [0.2, 0.25) is 5.91 Å². The van der Waals surface area contributed by atoms with Gasteiger partial charge < -0.3 is 9.50 Å². The summed E-state index contributed by atoms with van der Waals surface area (Å²) in [6.45, 7) is 2.22. The van der Waals surface area contributed by atoms with E-state index in [1.54, 1.807) is 24.3 Å². The molecule has 3 rings (SSSR count). The number of rotatable bonds is 14. The van der Waals surface area contributed by atoms with E-state index in [1.807, 2.05) is 0 Å². The molecule has 1 fully saturated rings. The summed E-state index contributed by atoms with van der Waals surface area (Å²) in [6.07, 6.45) is 12.2. The fourth-order valence-corrected chi connectivity index (χ4v) is 5.70. The van der Waals surface area contributed by atoms with Gasteiger partial charge in [-0.25, -0.2) is 0 Å². The lowest BCUT2D eigenvalue weighted by Gasteiger charge is -2.07. The monoisotopic (exact) mass is 549 g/mol. The molecular weight excluding hydrogens is 518 g/mol. The summed E-state index contributed by atoms with van der Waals surface area (Å²) in [7, 11) is -3.99. The number of thioether (sulfide) groups is 1. The Kier molecular flexibility index (Phi) is 11.3. The average Bonchev–Trinajstić information content (AvgIpc) is 3.20. The summed E-state index contributed by atoms with van der Waals surface area (Å²) in [4.78, 5) is 12.2. The summed E-state index contributed by atoms with van der Waals surface area (Å²) in [6, 6.07) is 12.2. The molecule has 1 atom stereocenters. The van der Waals surface area contributed by atoms with Crippen molar-refractivity contribution in [1.82, 2.24) is 5.32 Å². The van der Waals surface area contributed by atoms with Crippen molar-refractivity contribution in [3.8, 4) is 5.75 Å². The van der Waals surface area contributed by atoms with Gasteiger partial charge in [0.15, 0.2) is 5.17 Å². The minimum Gasteiger partial charge on any atom is -0.379 e. The van der Waals surface area contributed by atoms with E-state index in [4.69, 9.17) is 15.8 Å². The Labute approximate surface area is 222 Å². The average molecular weight is 550 g/mol. The summed E-state index contributed by atoms with van der Waals surface area (Å²) in [5, 5.41) is 11.7. The van der Waals surface area contributed by atoms with Crippen LogP contribution in [0.3, 0.4) is 0 Å². The van der Waals surface area contributed by atoms with E-state index in [0.717, 1.165) is 19.3 Å². The van der Waals surface area contributed by atoms with Crippen molar-refractivity contribution in [2.45, 2.75) is 74.9 Å². The van der Waals surface area contributed by atoms with Crippen LogP contribution in [-0.4, -0.2) is 31.0 Å². The Balaban J connectivity index is 1.47. The molecule has 36 heavy (non-hydrogen) atoms. The maximum atomic E-state index is 12.5. The van der Waals surface area contributed by atoms with E-state index in [0.29, 0.717) is 15.8 Å². The molecule has 0 saturated carbocycles. The first kappa shape index (κ1) is 28.2. The highest BCUT2D eigenvalue weighted by molar-refractivity contribution is 8.15. The van der Waals surface area contributed by atoms with Gasteiger partial charge in [0, 0.05) is 5.02 Å². The zero-order valence-corrected chi connectivity index (χ0v) is 22.7. The first-order chi connectivity index (χ1) is 17.4. The Morgan fingerprint density at radius 3 is 2.44 bits per heavy atom. The lowest BCUT2D eigenvalue weighted by atomic mass is 10.1. The van der Waals surface area contributed by atoms with E-state index in [-0.39, 0.29) is 21.8 Å². The lowest BCUT2D eigenvalue weighted by Crippen LogP contribution is -2.24. The van der Waals surface area contributed by atoms with E-state index in [1.165, 1.54) is 80.8 Å². The first-order valence-electron chi connectivity index (χ1n) is 12.3. The molecule has 2 aromatic carbocycles. The summed E-state index contributed by atoms with van der Waals surface area (Å²) < 4.78 is 30.2. The van der Waals surface area contributed by atoms with Gasteiger partial charge in [-0.2, -0.15) is 13.5 Å². The second kappa shape index (κ2) is 14.4. The number of carbonyl (C=O) groups excluding carboxylic acids is 1. The molecule has 1 aliphatic heterocycles. The Morgan fingerprint density at radius 2 is 1.72 bits per heavy atom. The summed E-state index contributed by atoms with van der Waals surface area (Å²) in [5.41, 5.74) is 0.605. The van der Waals surface area contributed by atoms with Crippen LogP contribution in [0.1, 0.15) is 70.3 Å². The quantitative estimate of drug-likeness (QED) is 0.124. The fourth-order valence-electron chi connectivity index (χ4n) is 3.68. The Morgan fingerprint density at radius 1 is 1.03 bits per heavy atom. The molecule has 1 saturated heterocycles. The van der Waals surface area contributed by atoms with Crippen molar-refractivity contribution >= 4 is 50.8 Å². The molecule has 7 nitrogen and oxygen atoms in total. The Hall–Kier alpha value is -2.36. The minimum absolute atomic E-state index is 0.00731. The maximum Gasteiger partial charge on any atom is 0.339 e. The van der Waals surface area contributed by atoms with Crippen LogP contribution in [0.15, 0.2) is 63.6 Å². The van der Waals surface area contributed by atoms with Crippen LogP contribution in [0, 0.1) is 0 Å². The molecule has 0 spiro atoms. The standard InChI is InChI=1S/C26H32ClN3O4S2/c1-2-3-4-5-6-7-8-9-13-24-25(31)29-26(35-24)30-28-19-20-11-10-12-22(18-20)34-36(32,33)23-16-14-21(27)15-17-23/h10-12,14-19,24H,2-9,13H2,1H3,(H,29,30,31)/b28-19-/t24-/m1/s1. The topological polar surface area (TPSA) is 97.2 Å². The second-order valence-corrected chi connectivity index (χ2v) is 11.7. The van der Waals surface area contributed by atoms with E-state index < -0.39 is 10.1 Å². The van der Waals surface area contributed by atoms with E-state index >= 15 is 0 Å². The van der Waals surface area contributed by atoms with Crippen molar-refractivity contribution in [3.63, 3.8) is 0 Å². The van der Waals surface area contributed by atoms with E-state index in [9.17, 15) is 13.2 Å². The molecule has 0 unspecified atom stereocenters. The van der Waals surface area contributed by atoms with Gasteiger partial charge in [-0.1, -0.05) is 93.8 Å². The van der Waals surface area contributed by atoms with Crippen molar-refractivity contribution in [2.24, 2.45) is 10.2 Å². The third-order valence-electron chi connectivity index (χ3n) is 5.62. The number of nitrogens with one attached hydrogen (secondary N) is 1. The van der Waals surface area contributed by atoms with Crippen LogP contribution in [0.2, 0.25) is 5.02 Å². The fraction of sp³-hybridized carbons (Fsp3) is 0.423. The summed E-state index contributed by atoms with van der Waals surface area (Å²) >= 11 is 7.22. The van der Waals surface area contributed by atoms with Gasteiger partial charge in [0.05, 0.1) is 11.5 Å². The highest BCUT2D eigenvalue weighted by atomic mass is 35.5. The number of benzene rings is 2. The second-order valence-electron chi connectivity index (χ2n) is 8.57. The third-order valence-corrected chi connectivity index (χ3v) is 8.27. The van der Waals surface area contributed by atoms with Crippen molar-refractivity contribution in [1.29, 1.82) is 0 Å². The molecule has 0 bridgehead atoms. The highest BCUT2D eigenvalue weighted by Crippen LogP contribution is 2.25. The highest BCUT2D eigenvalue weighted by Gasteiger charge is 2.29. The molecule has 1 aliphatic rings. The molecule has 1 amide bonds. The zero-order chi connectivity index (χ0) is 25.8. The lowest BCUT2D eigenvalue weighted by molar-refractivity contribution is -0.118. The smallest absolute Gasteiger partial charge is 0.339 e. The molecule has 0 aromatic heterocycles. The molecule has 194 valence electrons. The zero-order valence-electron chi connectivity index (χ0n) is 20.4. The largest absolute Gasteiger partial charge is 0.379 e. The molecule has 0 radical (unpaired) electrons. The van der Waals surface area contributed by atoms with E-state index in [2.05, 4.69) is 22.4 Å². The number of carbonyl (C=O) groups is 1. The first-order valence-corrected chi connectivity index (χ1v) is 14.9. The molecular formula is C26H32ClN3O4S2. The van der Waals surface area contributed by atoms with Crippen molar-refractivity contribution in [2.75, 3.05) is 0 Å². The number of amidine groups is 1. The minimum atomic E-state index is -3.99. The van der Waals surface area contributed by atoms with Crippen LogP contribution in [0.25, 0.3) is 0 Å². The van der Waals surface area contributed by atoms with Gasteiger partial charge in [0.25, 0.3) is 0 Å². The van der Waals surface area contributed by atoms with Gasteiger partial charge >= 0.3 is 10.1 Å². The number of halogens is 1. The molecule has 2 aromatic rings. The maximum absolute atomic E-state index is 12.5. The van der Waals surface area contributed by atoms with Gasteiger partial charge in [-0.05, 0) is 48.4 Å². The Bertz CT molecular complexity index is 1170. The van der Waals surface area contributed by atoms with Gasteiger partial charge in [0.1, 0.15) is 10.6 Å².